The number of hydrogen-bond donors (Lipinski definition) is 0. The molecule has 0 bridgehead atoms. The molecule has 104 valence electrons. The van der Waals surface area contributed by atoms with Crippen LogP contribution in [0.2, 0.25) is 20.1 Å². The molecule has 2 aromatic carbocycles. The maximum atomic E-state index is 12.1. The molecule has 0 radical (unpaired) electrons. The van der Waals surface area contributed by atoms with Gasteiger partial charge in [0, 0.05) is 32.9 Å². The SMILES string of the molecule is O=C(Cc1ccc(Cl)cc1Cl)Cc1c(Cl)cccc1Cl. The van der Waals surface area contributed by atoms with Gasteiger partial charge in [-0.05, 0) is 35.4 Å². The standard InChI is InChI=1S/C15H10Cl4O/c16-10-5-4-9(15(19)7-10)6-11(20)8-12-13(17)2-1-3-14(12)18/h1-5,7H,6,8H2. The van der Waals surface area contributed by atoms with Gasteiger partial charge < -0.3 is 0 Å². The van der Waals surface area contributed by atoms with Crippen LogP contribution in [0.5, 0.6) is 0 Å². The molecule has 0 aliphatic rings. The summed E-state index contributed by atoms with van der Waals surface area (Å²) in [6, 6.07) is 10.2. The van der Waals surface area contributed by atoms with E-state index in [9.17, 15) is 4.79 Å². The molecule has 0 fully saturated rings. The quantitative estimate of drug-likeness (QED) is 0.697. The number of carbonyl (C=O) groups excluding carboxylic acids is 1. The van der Waals surface area contributed by atoms with E-state index in [0.29, 0.717) is 25.7 Å². The molecule has 0 heterocycles. The van der Waals surface area contributed by atoms with Crippen LogP contribution in [0.1, 0.15) is 11.1 Å². The summed E-state index contributed by atoms with van der Waals surface area (Å²) in [5.74, 6) is -0.00998. The molecule has 20 heavy (non-hydrogen) atoms. The highest BCUT2D eigenvalue weighted by Gasteiger charge is 2.13. The smallest absolute Gasteiger partial charge is 0.141 e. The number of Topliss-reactive ketones (excluding diaryl/α,β-unsaturated/α-hetero) is 1. The first-order chi connectivity index (χ1) is 9.47. The average Bonchev–Trinajstić information content (AvgIpc) is 2.37. The van der Waals surface area contributed by atoms with Crippen molar-refractivity contribution in [3.63, 3.8) is 0 Å². The van der Waals surface area contributed by atoms with Crippen LogP contribution in [0, 0.1) is 0 Å². The maximum Gasteiger partial charge on any atom is 0.141 e. The Balaban J connectivity index is 2.13. The third-order valence-electron chi connectivity index (χ3n) is 2.84. The molecule has 5 heteroatoms. The second-order valence-corrected chi connectivity index (χ2v) is 5.99. The number of ketones is 1. The van der Waals surface area contributed by atoms with Gasteiger partial charge in [0.05, 0.1) is 0 Å². The van der Waals surface area contributed by atoms with E-state index in [0.717, 1.165) is 5.56 Å². The van der Waals surface area contributed by atoms with Crippen LogP contribution in [0.15, 0.2) is 36.4 Å². The monoisotopic (exact) mass is 346 g/mol. The van der Waals surface area contributed by atoms with Gasteiger partial charge in [-0.15, -0.1) is 0 Å². The Morgan fingerprint density at radius 2 is 1.50 bits per heavy atom. The first-order valence-corrected chi connectivity index (χ1v) is 7.37. The van der Waals surface area contributed by atoms with Gasteiger partial charge in [0.25, 0.3) is 0 Å². The minimum Gasteiger partial charge on any atom is -0.299 e. The van der Waals surface area contributed by atoms with Crippen molar-refractivity contribution in [2.24, 2.45) is 0 Å². The van der Waals surface area contributed by atoms with Crippen molar-refractivity contribution in [3.8, 4) is 0 Å². The van der Waals surface area contributed by atoms with Crippen LogP contribution in [-0.2, 0) is 17.6 Å². The van der Waals surface area contributed by atoms with E-state index in [2.05, 4.69) is 0 Å². The molecule has 0 N–H and O–H groups in total. The molecule has 0 aromatic heterocycles. The second-order valence-electron chi connectivity index (χ2n) is 4.33. The zero-order valence-corrected chi connectivity index (χ0v) is 13.3. The molecular weight excluding hydrogens is 338 g/mol. The van der Waals surface area contributed by atoms with Gasteiger partial charge in [-0.25, -0.2) is 0 Å². The number of carbonyl (C=O) groups is 1. The van der Waals surface area contributed by atoms with E-state index < -0.39 is 0 Å². The average molecular weight is 348 g/mol. The van der Waals surface area contributed by atoms with Gasteiger partial charge in [0.2, 0.25) is 0 Å². The molecule has 0 aliphatic carbocycles. The van der Waals surface area contributed by atoms with E-state index in [1.807, 2.05) is 0 Å². The Labute approximate surface area is 137 Å². The molecule has 1 nitrogen and oxygen atoms in total. The molecule has 0 amide bonds. The van der Waals surface area contributed by atoms with Gasteiger partial charge in [-0.1, -0.05) is 58.5 Å². The zero-order valence-electron chi connectivity index (χ0n) is 10.3. The van der Waals surface area contributed by atoms with Gasteiger partial charge in [0.1, 0.15) is 5.78 Å². The van der Waals surface area contributed by atoms with Crippen molar-refractivity contribution in [1.29, 1.82) is 0 Å². The molecule has 0 saturated carbocycles. The molecule has 0 saturated heterocycles. The minimum absolute atomic E-state index is 0.00998. The lowest BCUT2D eigenvalue weighted by molar-refractivity contribution is -0.117. The van der Waals surface area contributed by atoms with Crippen molar-refractivity contribution < 1.29 is 4.79 Å². The fourth-order valence-electron chi connectivity index (χ4n) is 1.84. The third-order valence-corrected chi connectivity index (χ3v) is 4.13. The van der Waals surface area contributed by atoms with Crippen LogP contribution in [0.4, 0.5) is 0 Å². The summed E-state index contributed by atoms with van der Waals surface area (Å²) in [5, 5.41) is 2.01. The van der Waals surface area contributed by atoms with E-state index in [1.54, 1.807) is 36.4 Å². The highest BCUT2D eigenvalue weighted by atomic mass is 35.5. The Bertz CT molecular complexity index is 632. The Morgan fingerprint density at radius 1 is 0.850 bits per heavy atom. The lowest BCUT2D eigenvalue weighted by Gasteiger charge is -2.07. The fourth-order valence-corrected chi connectivity index (χ4v) is 2.84. The van der Waals surface area contributed by atoms with E-state index in [-0.39, 0.29) is 18.6 Å². The van der Waals surface area contributed by atoms with Crippen LogP contribution in [0.25, 0.3) is 0 Å². The van der Waals surface area contributed by atoms with Crippen LogP contribution in [0.3, 0.4) is 0 Å². The summed E-state index contributed by atoms with van der Waals surface area (Å²) in [4.78, 5) is 12.1. The number of halogens is 4. The minimum atomic E-state index is -0.00998. The van der Waals surface area contributed by atoms with Gasteiger partial charge in [0.15, 0.2) is 0 Å². The van der Waals surface area contributed by atoms with Gasteiger partial charge in [-0.3, -0.25) is 4.79 Å². The normalized spacial score (nSPS) is 10.6. The Hall–Kier alpha value is -0.730. The number of benzene rings is 2. The predicted octanol–water partition coefficient (Wildman–Crippen LogP) is 5.65. The number of rotatable bonds is 4. The molecule has 2 aromatic rings. The molecular formula is C15H10Cl4O. The molecule has 0 aliphatic heterocycles. The lowest BCUT2D eigenvalue weighted by atomic mass is 10.0. The highest BCUT2D eigenvalue weighted by Crippen LogP contribution is 2.26. The first-order valence-electron chi connectivity index (χ1n) is 5.86. The summed E-state index contributed by atoms with van der Waals surface area (Å²) in [6.45, 7) is 0. The van der Waals surface area contributed by atoms with E-state index >= 15 is 0 Å². The fraction of sp³-hybridized carbons (Fsp3) is 0.133. The van der Waals surface area contributed by atoms with Crippen LogP contribution in [-0.4, -0.2) is 5.78 Å². The molecule has 2 rings (SSSR count). The third kappa shape index (κ3) is 3.89. The maximum absolute atomic E-state index is 12.1. The van der Waals surface area contributed by atoms with Crippen molar-refractivity contribution >= 4 is 52.2 Å². The van der Waals surface area contributed by atoms with Gasteiger partial charge >= 0.3 is 0 Å². The van der Waals surface area contributed by atoms with E-state index in [4.69, 9.17) is 46.4 Å². The Kier molecular flexibility index (Phi) is 5.34. The largest absolute Gasteiger partial charge is 0.299 e. The molecule has 0 spiro atoms. The summed E-state index contributed by atoms with van der Waals surface area (Å²) >= 11 is 24.0. The predicted molar refractivity (Wildman–Crippen MR) is 85.3 cm³/mol. The second kappa shape index (κ2) is 6.82. The lowest BCUT2D eigenvalue weighted by Crippen LogP contribution is -2.08. The van der Waals surface area contributed by atoms with Crippen molar-refractivity contribution in [3.05, 3.63) is 67.6 Å². The van der Waals surface area contributed by atoms with Crippen LogP contribution < -0.4 is 0 Å². The van der Waals surface area contributed by atoms with Gasteiger partial charge in [-0.2, -0.15) is 0 Å². The highest BCUT2D eigenvalue weighted by molar-refractivity contribution is 6.36. The molecule has 0 unspecified atom stereocenters. The van der Waals surface area contributed by atoms with Crippen molar-refractivity contribution in [1.82, 2.24) is 0 Å². The summed E-state index contributed by atoms with van der Waals surface area (Å²) in [6.07, 6.45) is 0.398. The summed E-state index contributed by atoms with van der Waals surface area (Å²) in [7, 11) is 0. The zero-order chi connectivity index (χ0) is 14.7. The number of hydrogen-bond acceptors (Lipinski definition) is 1. The topological polar surface area (TPSA) is 17.1 Å². The first kappa shape index (κ1) is 15.7. The van der Waals surface area contributed by atoms with Crippen LogP contribution >= 0.6 is 46.4 Å². The summed E-state index contributed by atoms with van der Waals surface area (Å²) in [5.41, 5.74) is 1.38. The Morgan fingerprint density at radius 3 is 2.10 bits per heavy atom. The van der Waals surface area contributed by atoms with Crippen molar-refractivity contribution in [2.75, 3.05) is 0 Å². The summed E-state index contributed by atoms with van der Waals surface area (Å²) < 4.78 is 0. The van der Waals surface area contributed by atoms with Crippen molar-refractivity contribution in [2.45, 2.75) is 12.8 Å². The van der Waals surface area contributed by atoms with E-state index in [1.165, 1.54) is 0 Å². The molecule has 0 atom stereocenters.